The van der Waals surface area contributed by atoms with E-state index < -0.39 is 0 Å². The molecule has 0 unspecified atom stereocenters. The summed E-state index contributed by atoms with van der Waals surface area (Å²) in [5, 5.41) is 19.2. The summed E-state index contributed by atoms with van der Waals surface area (Å²) < 4.78 is 0. The first-order chi connectivity index (χ1) is 12.8. The maximum Gasteiger partial charge on any atom is 0.101 e. The summed E-state index contributed by atoms with van der Waals surface area (Å²) in [5.74, 6) is 0. The molecule has 2 heteroatoms. The number of nitriles is 2. The highest BCUT2D eigenvalue weighted by atomic mass is 14.3. The second-order valence-electron chi connectivity index (χ2n) is 7.39. The summed E-state index contributed by atoms with van der Waals surface area (Å²) >= 11 is 0. The van der Waals surface area contributed by atoms with Crippen molar-refractivity contribution in [3.8, 4) is 12.1 Å². The smallest absolute Gasteiger partial charge is 0.101 e. The van der Waals surface area contributed by atoms with Gasteiger partial charge in [-0.15, -0.1) is 0 Å². The first kappa shape index (κ1) is 22.2. The molecule has 0 atom stereocenters. The van der Waals surface area contributed by atoms with Gasteiger partial charge in [-0.05, 0) is 36.8 Å². The lowest BCUT2D eigenvalue weighted by Crippen LogP contribution is -2.00. The average Bonchev–Trinajstić information content (AvgIpc) is 2.67. The van der Waals surface area contributed by atoms with E-state index in [0.29, 0.717) is 11.1 Å². The first-order valence-corrected chi connectivity index (χ1v) is 10.7. The van der Waals surface area contributed by atoms with E-state index >= 15 is 0 Å². The van der Waals surface area contributed by atoms with Crippen LogP contribution in [0.2, 0.25) is 0 Å². The third-order valence-electron chi connectivity index (χ3n) is 5.20. The Balaban J connectivity index is 2.58. The minimum absolute atomic E-state index is 0.629. The van der Waals surface area contributed by atoms with Gasteiger partial charge in [-0.1, -0.05) is 90.2 Å². The minimum atomic E-state index is 0.629. The molecule has 1 rings (SSSR count). The molecular weight excluding hydrogens is 316 g/mol. The van der Waals surface area contributed by atoms with Crippen LogP contribution in [0.5, 0.6) is 0 Å². The van der Waals surface area contributed by atoms with E-state index in [1.54, 1.807) is 0 Å². The lowest BCUT2D eigenvalue weighted by molar-refractivity contribution is 0.605. The molecule has 0 bridgehead atoms. The highest BCUT2D eigenvalue weighted by Crippen LogP contribution is 2.22. The lowest BCUT2D eigenvalue weighted by atomic mass is 9.91. The zero-order chi connectivity index (χ0) is 19.0. The van der Waals surface area contributed by atoms with E-state index in [4.69, 9.17) is 0 Å². The van der Waals surface area contributed by atoms with Gasteiger partial charge in [-0.25, -0.2) is 0 Å². The van der Waals surface area contributed by atoms with Crippen molar-refractivity contribution in [2.75, 3.05) is 0 Å². The predicted octanol–water partition coefficient (Wildman–Crippen LogP) is 7.24. The van der Waals surface area contributed by atoms with Crippen molar-refractivity contribution in [1.82, 2.24) is 0 Å². The number of nitrogens with zero attached hydrogens (tertiary/aromatic N) is 2. The van der Waals surface area contributed by atoms with Crippen LogP contribution in [0.4, 0.5) is 0 Å². The van der Waals surface area contributed by atoms with Crippen LogP contribution in [0.15, 0.2) is 12.1 Å². The summed E-state index contributed by atoms with van der Waals surface area (Å²) in [6.07, 6.45) is 16.8. The van der Waals surface area contributed by atoms with Gasteiger partial charge in [0.2, 0.25) is 0 Å². The molecule has 0 N–H and O–H groups in total. The van der Waals surface area contributed by atoms with Crippen LogP contribution in [0, 0.1) is 22.7 Å². The third-order valence-corrected chi connectivity index (χ3v) is 5.20. The van der Waals surface area contributed by atoms with E-state index in [9.17, 15) is 10.5 Å². The maximum absolute atomic E-state index is 9.60. The van der Waals surface area contributed by atoms with Crippen LogP contribution in [0.25, 0.3) is 0 Å². The maximum atomic E-state index is 9.60. The van der Waals surface area contributed by atoms with Crippen LogP contribution < -0.4 is 0 Å². The van der Waals surface area contributed by atoms with Crippen molar-refractivity contribution < 1.29 is 0 Å². The Bertz CT molecular complexity index is 536. The summed E-state index contributed by atoms with van der Waals surface area (Å²) in [6, 6.07) is 8.82. The van der Waals surface area contributed by atoms with Crippen LogP contribution in [-0.4, -0.2) is 0 Å². The topological polar surface area (TPSA) is 47.6 Å². The molecule has 1 aromatic rings. The van der Waals surface area contributed by atoms with Gasteiger partial charge in [0.05, 0.1) is 11.1 Å². The Morgan fingerprint density at radius 3 is 1.27 bits per heavy atom. The standard InChI is InChI=1S/C24H36N2/c1-3-5-7-9-11-13-15-21-17-18-22(24(20-26)23(21)19-25)16-14-12-10-8-6-4-2/h17-18H,3-16H2,1-2H3. The van der Waals surface area contributed by atoms with E-state index in [-0.39, 0.29) is 0 Å². The van der Waals surface area contributed by atoms with E-state index in [0.717, 1.165) is 36.8 Å². The number of benzene rings is 1. The normalized spacial score (nSPS) is 10.5. The second-order valence-corrected chi connectivity index (χ2v) is 7.39. The molecule has 142 valence electrons. The van der Waals surface area contributed by atoms with Gasteiger partial charge in [-0.2, -0.15) is 10.5 Å². The molecule has 0 fully saturated rings. The van der Waals surface area contributed by atoms with Gasteiger partial charge in [0, 0.05) is 0 Å². The fourth-order valence-electron chi connectivity index (χ4n) is 3.55. The van der Waals surface area contributed by atoms with Gasteiger partial charge < -0.3 is 0 Å². The lowest BCUT2D eigenvalue weighted by Gasteiger charge is -2.10. The van der Waals surface area contributed by atoms with Crippen molar-refractivity contribution in [2.45, 2.75) is 104 Å². The molecule has 26 heavy (non-hydrogen) atoms. The molecule has 0 aliphatic rings. The zero-order valence-electron chi connectivity index (χ0n) is 16.9. The number of unbranched alkanes of at least 4 members (excludes halogenated alkanes) is 10. The van der Waals surface area contributed by atoms with Crippen molar-refractivity contribution in [2.24, 2.45) is 0 Å². The fraction of sp³-hybridized carbons (Fsp3) is 0.667. The van der Waals surface area contributed by atoms with Crippen LogP contribution in [0.3, 0.4) is 0 Å². The number of hydrogen-bond acceptors (Lipinski definition) is 2. The molecule has 0 aliphatic heterocycles. The predicted molar refractivity (Wildman–Crippen MR) is 110 cm³/mol. The molecule has 0 aliphatic carbocycles. The van der Waals surface area contributed by atoms with Crippen LogP contribution in [-0.2, 0) is 12.8 Å². The number of hydrogen-bond donors (Lipinski definition) is 0. The monoisotopic (exact) mass is 352 g/mol. The Kier molecular flexibility index (Phi) is 12.3. The number of rotatable bonds is 14. The van der Waals surface area contributed by atoms with Gasteiger partial charge in [0.15, 0.2) is 0 Å². The molecule has 0 saturated carbocycles. The van der Waals surface area contributed by atoms with E-state index in [1.165, 1.54) is 64.2 Å². The van der Waals surface area contributed by atoms with Gasteiger partial charge in [-0.3, -0.25) is 0 Å². The van der Waals surface area contributed by atoms with Gasteiger partial charge in [0.1, 0.15) is 12.1 Å². The fourth-order valence-corrected chi connectivity index (χ4v) is 3.55. The molecule has 0 heterocycles. The molecular formula is C24H36N2. The van der Waals surface area contributed by atoms with Crippen molar-refractivity contribution >= 4 is 0 Å². The summed E-state index contributed by atoms with van der Waals surface area (Å²) in [5.41, 5.74) is 3.38. The van der Waals surface area contributed by atoms with Crippen molar-refractivity contribution in [3.05, 3.63) is 34.4 Å². The largest absolute Gasteiger partial charge is 0.192 e. The quantitative estimate of drug-likeness (QED) is 0.331. The Labute approximate surface area is 161 Å². The molecule has 0 radical (unpaired) electrons. The van der Waals surface area contributed by atoms with Gasteiger partial charge >= 0.3 is 0 Å². The highest BCUT2D eigenvalue weighted by Gasteiger charge is 2.12. The second kappa shape index (κ2) is 14.4. The summed E-state index contributed by atoms with van der Waals surface area (Å²) in [6.45, 7) is 4.46. The van der Waals surface area contributed by atoms with Gasteiger partial charge in [0.25, 0.3) is 0 Å². The molecule has 0 aromatic heterocycles. The molecule has 1 aromatic carbocycles. The van der Waals surface area contributed by atoms with Crippen molar-refractivity contribution in [3.63, 3.8) is 0 Å². The van der Waals surface area contributed by atoms with Crippen molar-refractivity contribution in [1.29, 1.82) is 10.5 Å². The third kappa shape index (κ3) is 8.05. The SMILES string of the molecule is CCCCCCCCc1ccc(CCCCCCCC)c(C#N)c1C#N. The first-order valence-electron chi connectivity index (χ1n) is 10.7. The van der Waals surface area contributed by atoms with Crippen LogP contribution in [0.1, 0.15) is 113 Å². The Hall–Kier alpha value is -1.80. The van der Waals surface area contributed by atoms with Crippen LogP contribution >= 0.6 is 0 Å². The highest BCUT2D eigenvalue weighted by molar-refractivity contribution is 5.54. The zero-order valence-corrected chi connectivity index (χ0v) is 16.9. The molecule has 0 saturated heterocycles. The minimum Gasteiger partial charge on any atom is -0.192 e. The number of aryl methyl sites for hydroxylation is 2. The van der Waals surface area contributed by atoms with E-state index in [2.05, 4.69) is 38.1 Å². The Morgan fingerprint density at radius 1 is 0.577 bits per heavy atom. The van der Waals surface area contributed by atoms with E-state index in [1.807, 2.05) is 0 Å². The molecule has 2 nitrogen and oxygen atoms in total. The molecule has 0 amide bonds. The average molecular weight is 353 g/mol. The summed E-state index contributed by atoms with van der Waals surface area (Å²) in [4.78, 5) is 0. The summed E-state index contributed by atoms with van der Waals surface area (Å²) in [7, 11) is 0. The molecule has 0 spiro atoms. The Morgan fingerprint density at radius 2 is 0.923 bits per heavy atom.